The van der Waals surface area contributed by atoms with Gasteiger partial charge in [0.2, 0.25) is 0 Å². The highest BCUT2D eigenvalue weighted by Crippen LogP contribution is 1.88. The minimum absolute atomic E-state index is 0.136. The van der Waals surface area contributed by atoms with Crippen LogP contribution in [0.2, 0.25) is 0 Å². The van der Waals surface area contributed by atoms with Gasteiger partial charge in [0.05, 0.1) is 11.8 Å². The second-order valence-corrected chi connectivity index (χ2v) is 2.19. The van der Waals surface area contributed by atoms with E-state index in [9.17, 15) is 9.59 Å². The Kier molecular flexibility index (Phi) is 2.09. The number of hydrogen-bond donors (Lipinski definition) is 3. The molecule has 0 aliphatic rings. The fraction of sp³-hybridized carbons (Fsp3) is 0.167. The fourth-order valence-corrected chi connectivity index (χ4v) is 0.823. The quantitative estimate of drug-likeness (QED) is 0.291. The number of nitrogens with one attached hydrogen (secondary N) is 2. The van der Waals surface area contributed by atoms with Crippen LogP contribution in [0.25, 0.3) is 0 Å². The second kappa shape index (κ2) is 3.04. The zero-order valence-electron chi connectivity index (χ0n) is 6.29. The Balaban J connectivity index is 3.49. The topological polar surface area (TPSA) is 98.3 Å². The molecule has 12 heavy (non-hydrogen) atoms. The van der Waals surface area contributed by atoms with Crippen molar-refractivity contribution in [3.05, 3.63) is 32.1 Å². The molecule has 3 N–H and O–H groups in total. The maximum absolute atomic E-state index is 11.0. The van der Waals surface area contributed by atoms with Crippen molar-refractivity contribution in [2.24, 2.45) is 5.16 Å². The fourth-order valence-electron chi connectivity index (χ4n) is 0.823. The van der Waals surface area contributed by atoms with Crippen molar-refractivity contribution >= 4 is 6.21 Å². The summed E-state index contributed by atoms with van der Waals surface area (Å²) in [6.45, 7) is 1.54. The van der Waals surface area contributed by atoms with Crippen LogP contribution in [0.15, 0.2) is 14.7 Å². The van der Waals surface area contributed by atoms with Gasteiger partial charge in [-0.3, -0.25) is 9.78 Å². The first kappa shape index (κ1) is 8.25. The summed E-state index contributed by atoms with van der Waals surface area (Å²) in [4.78, 5) is 26.0. The van der Waals surface area contributed by atoms with E-state index >= 15 is 0 Å². The SMILES string of the molecule is Cc1[nH]c(=O)[nH]c(=O)c1/C=N/O. The maximum Gasteiger partial charge on any atom is 0.325 e. The minimum Gasteiger partial charge on any atom is -0.411 e. The van der Waals surface area contributed by atoms with Crippen molar-refractivity contribution in [3.63, 3.8) is 0 Å². The molecule has 6 heteroatoms. The first-order chi connectivity index (χ1) is 5.65. The molecule has 0 atom stereocenters. The van der Waals surface area contributed by atoms with Gasteiger partial charge in [-0.2, -0.15) is 0 Å². The molecule has 0 spiro atoms. The van der Waals surface area contributed by atoms with Crippen molar-refractivity contribution in [3.8, 4) is 0 Å². The Morgan fingerprint density at radius 1 is 1.42 bits per heavy atom. The lowest BCUT2D eigenvalue weighted by Gasteiger charge is -1.94. The number of oxime groups is 1. The van der Waals surface area contributed by atoms with E-state index in [1.165, 1.54) is 6.92 Å². The standard InChI is InChI=1S/C6H7N3O3/c1-3-4(2-7-12)5(10)9-6(11)8-3/h2,12H,1H3,(H2,8,9,10,11)/b7-2+. The predicted octanol–water partition coefficient (Wildman–Crippen LogP) is -0.820. The average Bonchev–Trinajstić information content (AvgIpc) is 1.96. The molecule has 0 fully saturated rings. The van der Waals surface area contributed by atoms with Crippen molar-refractivity contribution < 1.29 is 5.21 Å². The molecule has 64 valence electrons. The van der Waals surface area contributed by atoms with E-state index in [2.05, 4.69) is 10.1 Å². The van der Waals surface area contributed by atoms with E-state index in [1.54, 1.807) is 0 Å². The number of aromatic nitrogens is 2. The van der Waals surface area contributed by atoms with Crippen LogP contribution in [-0.4, -0.2) is 21.4 Å². The first-order valence-electron chi connectivity index (χ1n) is 3.16. The van der Waals surface area contributed by atoms with Crippen LogP contribution in [0, 0.1) is 6.92 Å². The lowest BCUT2D eigenvalue weighted by Crippen LogP contribution is -2.26. The van der Waals surface area contributed by atoms with Crippen molar-refractivity contribution in [2.45, 2.75) is 6.92 Å². The monoisotopic (exact) mass is 169 g/mol. The summed E-state index contributed by atoms with van der Waals surface area (Å²) in [5.74, 6) is 0. The van der Waals surface area contributed by atoms with Crippen LogP contribution >= 0.6 is 0 Å². The molecular formula is C6H7N3O3. The average molecular weight is 169 g/mol. The summed E-state index contributed by atoms with van der Waals surface area (Å²) in [5, 5.41) is 10.9. The third-order valence-corrected chi connectivity index (χ3v) is 1.36. The number of aryl methyl sites for hydroxylation is 1. The van der Waals surface area contributed by atoms with Gasteiger partial charge < -0.3 is 10.2 Å². The number of H-pyrrole nitrogens is 2. The number of hydrogen-bond acceptors (Lipinski definition) is 4. The van der Waals surface area contributed by atoms with E-state index in [-0.39, 0.29) is 5.56 Å². The van der Waals surface area contributed by atoms with Crippen molar-refractivity contribution in [1.29, 1.82) is 0 Å². The predicted molar refractivity (Wildman–Crippen MR) is 41.8 cm³/mol. The molecule has 0 saturated heterocycles. The molecule has 1 heterocycles. The van der Waals surface area contributed by atoms with Gasteiger partial charge in [-0.25, -0.2) is 4.79 Å². The minimum atomic E-state index is -0.576. The summed E-state index contributed by atoms with van der Waals surface area (Å²) in [6, 6.07) is 0. The second-order valence-electron chi connectivity index (χ2n) is 2.19. The number of rotatable bonds is 1. The van der Waals surface area contributed by atoms with E-state index in [4.69, 9.17) is 5.21 Å². The van der Waals surface area contributed by atoms with Gasteiger partial charge in [0.25, 0.3) is 5.56 Å². The lowest BCUT2D eigenvalue weighted by molar-refractivity contribution is 0.321. The van der Waals surface area contributed by atoms with Crippen LogP contribution in [0.3, 0.4) is 0 Å². The summed E-state index contributed by atoms with van der Waals surface area (Å²) in [6.07, 6.45) is 0.962. The summed E-state index contributed by atoms with van der Waals surface area (Å²) >= 11 is 0. The normalized spacial score (nSPS) is 10.8. The van der Waals surface area contributed by atoms with Crippen LogP contribution in [0.5, 0.6) is 0 Å². The lowest BCUT2D eigenvalue weighted by atomic mass is 10.3. The van der Waals surface area contributed by atoms with Gasteiger partial charge in [-0.15, -0.1) is 0 Å². The molecule has 1 rings (SSSR count). The summed E-state index contributed by atoms with van der Waals surface area (Å²) < 4.78 is 0. The first-order valence-corrected chi connectivity index (χ1v) is 3.16. The molecule has 0 saturated carbocycles. The molecule has 0 amide bonds. The number of aromatic amines is 2. The molecule has 0 bridgehead atoms. The third kappa shape index (κ3) is 1.42. The largest absolute Gasteiger partial charge is 0.411 e. The summed E-state index contributed by atoms with van der Waals surface area (Å²) in [5.41, 5.74) is -0.653. The summed E-state index contributed by atoms with van der Waals surface area (Å²) in [7, 11) is 0. The van der Waals surface area contributed by atoms with Crippen LogP contribution < -0.4 is 11.2 Å². The molecule has 0 radical (unpaired) electrons. The Morgan fingerprint density at radius 2 is 2.08 bits per heavy atom. The Labute approximate surface area is 66.6 Å². The molecule has 1 aromatic heterocycles. The highest BCUT2D eigenvalue weighted by atomic mass is 16.4. The Morgan fingerprint density at radius 3 is 2.58 bits per heavy atom. The van der Waals surface area contributed by atoms with E-state index in [1.807, 2.05) is 4.98 Å². The van der Waals surface area contributed by atoms with Gasteiger partial charge in [0.1, 0.15) is 0 Å². The zero-order chi connectivity index (χ0) is 9.14. The molecule has 0 aliphatic carbocycles. The molecule has 0 aromatic carbocycles. The van der Waals surface area contributed by atoms with Crippen LogP contribution in [-0.2, 0) is 0 Å². The molecule has 0 aliphatic heterocycles. The van der Waals surface area contributed by atoms with E-state index < -0.39 is 11.2 Å². The smallest absolute Gasteiger partial charge is 0.325 e. The van der Waals surface area contributed by atoms with E-state index in [0.717, 1.165) is 6.21 Å². The van der Waals surface area contributed by atoms with Gasteiger partial charge in [-0.1, -0.05) is 5.16 Å². The van der Waals surface area contributed by atoms with Crippen LogP contribution in [0.1, 0.15) is 11.3 Å². The molecule has 0 unspecified atom stereocenters. The van der Waals surface area contributed by atoms with Gasteiger partial charge >= 0.3 is 5.69 Å². The van der Waals surface area contributed by atoms with Gasteiger partial charge in [0.15, 0.2) is 0 Å². The van der Waals surface area contributed by atoms with Crippen molar-refractivity contribution in [2.75, 3.05) is 0 Å². The Bertz CT molecular complexity index is 415. The molecule has 1 aromatic rings. The highest BCUT2D eigenvalue weighted by molar-refractivity contribution is 5.79. The van der Waals surface area contributed by atoms with Crippen molar-refractivity contribution in [1.82, 2.24) is 9.97 Å². The molecule has 6 nitrogen and oxygen atoms in total. The van der Waals surface area contributed by atoms with Crippen LogP contribution in [0.4, 0.5) is 0 Å². The van der Waals surface area contributed by atoms with Gasteiger partial charge in [0, 0.05) is 5.69 Å². The highest BCUT2D eigenvalue weighted by Gasteiger charge is 2.01. The van der Waals surface area contributed by atoms with E-state index in [0.29, 0.717) is 5.69 Å². The maximum atomic E-state index is 11.0. The Hall–Kier alpha value is -1.85. The zero-order valence-corrected chi connectivity index (χ0v) is 6.29. The van der Waals surface area contributed by atoms with Gasteiger partial charge in [-0.05, 0) is 6.92 Å². The third-order valence-electron chi connectivity index (χ3n) is 1.36. The number of nitrogens with zero attached hydrogens (tertiary/aromatic N) is 1. The molecular weight excluding hydrogens is 162 g/mol.